The van der Waals surface area contributed by atoms with Gasteiger partial charge in [-0.2, -0.15) is 26.3 Å². The molecule has 6 rings (SSSR count). The number of carboxylic acids is 1. The van der Waals surface area contributed by atoms with Gasteiger partial charge in [0.1, 0.15) is 10.6 Å². The number of alkyl halides is 7. The van der Waals surface area contributed by atoms with Gasteiger partial charge in [0.15, 0.2) is 9.84 Å². The number of hydrogen-bond acceptors (Lipinski definition) is 4. The second-order valence-corrected chi connectivity index (χ2v) is 15.8. The Morgan fingerprint density at radius 3 is 2.09 bits per heavy atom. The lowest BCUT2D eigenvalue weighted by molar-refractivity contribution is -0.348. The number of hydrogen-bond donors (Lipinski definition) is 1. The number of likely N-dealkylation sites (tertiary alicyclic amines) is 1. The standard InChI is InChI=1S/C32H31F8NO5S/c1-2-28(26(43)44)16-27(17-28)14-19(15-27)25(42)41-12-11-29(47(45,46)22-7-5-21(33)6-8-22)23-9-4-20(13-18(23)3-10-24(29)41)30(34,31(35,36)37)32(38,39)40/h4-9,13,19,24H,2-3,10-12,14-17H2,1H3,(H,43,44)/t19?,24-,27?,28?,29-/m1/s1. The first kappa shape index (κ1) is 33.7. The van der Waals surface area contributed by atoms with Gasteiger partial charge in [-0.05, 0) is 92.2 Å². The molecule has 2 atom stereocenters. The predicted octanol–water partition coefficient (Wildman–Crippen LogP) is 7.00. The van der Waals surface area contributed by atoms with Crippen LogP contribution in [0.4, 0.5) is 35.1 Å². The number of aliphatic carboxylic acids is 1. The molecule has 0 bridgehead atoms. The normalized spacial score (nSPS) is 30.7. The molecule has 1 spiro atoms. The number of sulfone groups is 1. The molecule has 15 heteroatoms. The van der Waals surface area contributed by atoms with E-state index in [4.69, 9.17) is 0 Å². The van der Waals surface area contributed by atoms with Crippen LogP contribution in [0.1, 0.15) is 68.6 Å². The Labute approximate surface area is 265 Å². The third kappa shape index (κ3) is 4.57. The van der Waals surface area contributed by atoms with E-state index in [2.05, 4.69) is 0 Å². The van der Waals surface area contributed by atoms with Crippen molar-refractivity contribution in [2.24, 2.45) is 16.7 Å². The second-order valence-electron chi connectivity index (χ2n) is 13.6. The third-order valence-electron chi connectivity index (χ3n) is 11.2. The minimum Gasteiger partial charge on any atom is -0.481 e. The SMILES string of the molecule is CCC1(C(=O)O)CC2(CC(C(=O)N3CC[C@@]4(S(=O)(=O)c5ccc(F)cc5)c5ccc(C(F)(C(F)(F)F)C(F)(F)F)cc5CC[C@@H]34)C2)C1. The third-order valence-corrected chi connectivity index (χ3v) is 13.8. The lowest BCUT2D eigenvalue weighted by Gasteiger charge is -2.62. The molecule has 2 aromatic rings. The van der Waals surface area contributed by atoms with Crippen LogP contribution in [0.2, 0.25) is 0 Å². The van der Waals surface area contributed by atoms with Crippen LogP contribution in [0.3, 0.4) is 0 Å². The minimum absolute atomic E-state index is 0.0964. The summed E-state index contributed by atoms with van der Waals surface area (Å²) < 4.78 is 137. The molecule has 0 aromatic heterocycles. The van der Waals surface area contributed by atoms with Crippen LogP contribution in [0.25, 0.3) is 0 Å². The van der Waals surface area contributed by atoms with Gasteiger partial charge in [-0.3, -0.25) is 9.59 Å². The molecular formula is C32H31F8NO5S. The van der Waals surface area contributed by atoms with E-state index in [1.165, 1.54) is 4.90 Å². The van der Waals surface area contributed by atoms with Gasteiger partial charge in [0, 0.05) is 18.0 Å². The van der Waals surface area contributed by atoms with Crippen LogP contribution in [0, 0.1) is 22.6 Å². The van der Waals surface area contributed by atoms with Gasteiger partial charge in [-0.15, -0.1) is 0 Å². The summed E-state index contributed by atoms with van der Waals surface area (Å²) >= 11 is 0. The van der Waals surface area contributed by atoms with E-state index in [0.29, 0.717) is 44.2 Å². The Morgan fingerprint density at radius 2 is 1.55 bits per heavy atom. The Hall–Kier alpha value is -3.23. The van der Waals surface area contributed by atoms with Gasteiger partial charge >= 0.3 is 24.0 Å². The van der Waals surface area contributed by atoms with Crippen molar-refractivity contribution in [2.45, 2.75) is 92.0 Å². The maximum Gasteiger partial charge on any atom is 0.435 e. The zero-order valence-corrected chi connectivity index (χ0v) is 25.8. The van der Waals surface area contributed by atoms with E-state index in [9.17, 15) is 53.8 Å². The van der Waals surface area contributed by atoms with Crippen molar-refractivity contribution in [1.82, 2.24) is 4.90 Å². The average Bonchev–Trinajstić information content (AvgIpc) is 3.36. The number of benzene rings is 2. The van der Waals surface area contributed by atoms with E-state index in [-0.39, 0.29) is 53.2 Å². The van der Waals surface area contributed by atoms with Crippen LogP contribution < -0.4 is 0 Å². The highest BCUT2D eigenvalue weighted by Crippen LogP contribution is 2.68. The first-order valence-electron chi connectivity index (χ1n) is 15.2. The Balaban J connectivity index is 1.39. The Bertz CT molecular complexity index is 1710. The summed E-state index contributed by atoms with van der Waals surface area (Å²) in [4.78, 5) is 26.8. The highest BCUT2D eigenvalue weighted by atomic mass is 32.2. The number of carboxylic acid groups (broad SMARTS) is 1. The van der Waals surface area contributed by atoms with Crippen molar-refractivity contribution < 1.29 is 58.2 Å². The lowest BCUT2D eigenvalue weighted by Crippen LogP contribution is -2.60. The molecule has 4 aliphatic rings. The topological polar surface area (TPSA) is 91.8 Å². The summed E-state index contributed by atoms with van der Waals surface area (Å²) in [5.41, 5.74) is -8.97. The largest absolute Gasteiger partial charge is 0.481 e. The van der Waals surface area contributed by atoms with E-state index in [0.717, 1.165) is 30.3 Å². The van der Waals surface area contributed by atoms with E-state index >= 15 is 4.39 Å². The van der Waals surface area contributed by atoms with Gasteiger partial charge in [-0.25, -0.2) is 17.2 Å². The highest BCUT2D eigenvalue weighted by Gasteiger charge is 2.74. The molecule has 256 valence electrons. The smallest absolute Gasteiger partial charge is 0.435 e. The quantitative estimate of drug-likeness (QED) is 0.260. The molecule has 0 unspecified atom stereocenters. The molecule has 1 amide bonds. The maximum atomic E-state index is 15.0. The molecule has 1 saturated heterocycles. The monoisotopic (exact) mass is 693 g/mol. The van der Waals surface area contributed by atoms with Crippen molar-refractivity contribution in [1.29, 1.82) is 0 Å². The minimum atomic E-state index is -6.37. The molecule has 2 aromatic carbocycles. The molecule has 1 aliphatic heterocycles. The molecule has 47 heavy (non-hydrogen) atoms. The predicted molar refractivity (Wildman–Crippen MR) is 150 cm³/mol. The van der Waals surface area contributed by atoms with Gasteiger partial charge in [0.25, 0.3) is 0 Å². The molecule has 6 nitrogen and oxygen atoms in total. The fraction of sp³-hybridized carbons (Fsp3) is 0.562. The van der Waals surface area contributed by atoms with E-state index in [1.54, 1.807) is 6.92 Å². The number of rotatable bonds is 6. The zero-order chi connectivity index (χ0) is 34.6. The summed E-state index contributed by atoms with van der Waals surface area (Å²) in [5, 5.41) is 9.66. The maximum absolute atomic E-state index is 15.0. The first-order chi connectivity index (χ1) is 21.7. The van der Waals surface area contributed by atoms with Crippen molar-refractivity contribution >= 4 is 21.7 Å². The lowest BCUT2D eigenvalue weighted by atomic mass is 9.42. The molecular weight excluding hydrogens is 662 g/mol. The summed E-state index contributed by atoms with van der Waals surface area (Å²) in [5.74, 6) is -2.52. The van der Waals surface area contributed by atoms with E-state index in [1.807, 2.05) is 0 Å². The highest BCUT2D eigenvalue weighted by molar-refractivity contribution is 7.92. The van der Waals surface area contributed by atoms with Crippen LogP contribution in [-0.4, -0.2) is 55.2 Å². The van der Waals surface area contributed by atoms with Crippen LogP contribution in [0.15, 0.2) is 47.4 Å². The van der Waals surface area contributed by atoms with Crippen LogP contribution in [0.5, 0.6) is 0 Å². The first-order valence-corrected chi connectivity index (χ1v) is 16.7. The Morgan fingerprint density at radius 1 is 0.957 bits per heavy atom. The van der Waals surface area contributed by atoms with Gasteiger partial charge < -0.3 is 10.0 Å². The van der Waals surface area contributed by atoms with E-state index < -0.39 is 67.3 Å². The number of carbonyl (C=O) groups is 2. The fourth-order valence-electron chi connectivity index (χ4n) is 8.94. The average molecular weight is 694 g/mol. The van der Waals surface area contributed by atoms with Gasteiger partial charge in [0.2, 0.25) is 5.91 Å². The molecule has 2 saturated carbocycles. The summed E-state index contributed by atoms with van der Waals surface area (Å²) in [7, 11) is -4.59. The summed E-state index contributed by atoms with van der Waals surface area (Å²) in [6.07, 6.45) is -11.3. The second kappa shape index (κ2) is 10.4. The van der Waals surface area contributed by atoms with Crippen LogP contribution in [-0.2, 0) is 36.3 Å². The van der Waals surface area contributed by atoms with Crippen molar-refractivity contribution in [2.75, 3.05) is 6.54 Å². The summed E-state index contributed by atoms with van der Waals surface area (Å²) in [6.45, 7) is 1.69. The molecule has 0 radical (unpaired) electrons. The summed E-state index contributed by atoms with van der Waals surface area (Å²) in [6, 6.07) is 4.20. The van der Waals surface area contributed by atoms with Crippen molar-refractivity contribution in [3.63, 3.8) is 0 Å². The number of amides is 1. The fourth-order valence-corrected chi connectivity index (χ4v) is 11.3. The Kier molecular flexibility index (Phi) is 7.44. The number of aryl methyl sites for hydroxylation is 1. The number of fused-ring (bicyclic) bond motifs is 3. The number of carbonyl (C=O) groups excluding carboxylic acids is 1. The van der Waals surface area contributed by atoms with Crippen molar-refractivity contribution in [3.05, 3.63) is 65.0 Å². The number of halogens is 8. The molecule has 3 aliphatic carbocycles. The van der Waals surface area contributed by atoms with Gasteiger partial charge in [-0.1, -0.05) is 25.1 Å². The van der Waals surface area contributed by atoms with Crippen molar-refractivity contribution in [3.8, 4) is 0 Å². The van der Waals surface area contributed by atoms with Gasteiger partial charge in [0.05, 0.1) is 16.4 Å². The molecule has 1 heterocycles. The van der Waals surface area contributed by atoms with Crippen LogP contribution >= 0.6 is 0 Å². The zero-order valence-electron chi connectivity index (χ0n) is 25.0. The molecule has 3 fully saturated rings. The number of nitrogens with zero attached hydrogens (tertiary/aromatic N) is 1. The molecule has 1 N–H and O–H groups in total.